The Morgan fingerprint density at radius 1 is 1.02 bits per heavy atom. The fraction of sp³-hybridized carbons (Fsp3) is 0.242. The van der Waals surface area contributed by atoms with Crippen molar-refractivity contribution in [1.82, 2.24) is 0 Å². The molecule has 0 aliphatic heterocycles. The number of ketones is 2. The fourth-order valence-electron chi connectivity index (χ4n) is 6.85. The summed E-state index contributed by atoms with van der Waals surface area (Å²) >= 11 is 0. The number of amides is 1. The van der Waals surface area contributed by atoms with Gasteiger partial charge in [-0.2, -0.15) is 0 Å². The van der Waals surface area contributed by atoms with Gasteiger partial charge in [0, 0.05) is 48.8 Å². The molecular formula is C33H32N4O7. The Kier molecular flexibility index (Phi) is 6.66. The highest BCUT2D eigenvalue weighted by Crippen LogP contribution is 2.54. The lowest BCUT2D eigenvalue weighted by Crippen LogP contribution is -2.58. The van der Waals surface area contributed by atoms with Gasteiger partial charge in [0.25, 0.3) is 5.91 Å². The summed E-state index contributed by atoms with van der Waals surface area (Å²) in [7, 11) is 3.60. The monoisotopic (exact) mass is 596 g/mol. The number of hydrogen-bond donors (Lipinski definition) is 7. The summed E-state index contributed by atoms with van der Waals surface area (Å²) in [6.45, 7) is 4.06. The van der Waals surface area contributed by atoms with Gasteiger partial charge in [-0.1, -0.05) is 43.0 Å². The molecule has 3 aliphatic rings. The van der Waals surface area contributed by atoms with E-state index >= 15 is 0 Å². The number of nitrogens with two attached hydrogens (primary N) is 1. The lowest BCUT2D eigenvalue weighted by molar-refractivity contribution is -0.147. The second-order valence-corrected chi connectivity index (χ2v) is 11.7. The number of primary amides is 1. The third kappa shape index (κ3) is 4.19. The van der Waals surface area contributed by atoms with Crippen molar-refractivity contribution in [2.45, 2.75) is 24.9 Å². The minimum atomic E-state index is -2.62. The molecule has 0 bridgehead atoms. The number of carbonyl (C=O) groups excluding carboxylic acids is 3. The van der Waals surface area contributed by atoms with Gasteiger partial charge in [0.2, 0.25) is 5.78 Å². The first-order valence-corrected chi connectivity index (χ1v) is 14.1. The Balaban J connectivity index is 1.42. The molecule has 1 saturated carbocycles. The van der Waals surface area contributed by atoms with Crippen LogP contribution >= 0.6 is 0 Å². The van der Waals surface area contributed by atoms with Crippen LogP contribution in [-0.4, -0.2) is 57.6 Å². The van der Waals surface area contributed by atoms with Crippen LogP contribution in [0.4, 0.5) is 17.1 Å². The van der Waals surface area contributed by atoms with Crippen LogP contribution in [0.1, 0.15) is 24.0 Å². The van der Waals surface area contributed by atoms with Crippen molar-refractivity contribution in [3.05, 3.63) is 89.0 Å². The summed E-state index contributed by atoms with van der Waals surface area (Å²) in [6.07, 6.45) is -0.115. The van der Waals surface area contributed by atoms with Crippen LogP contribution in [0.2, 0.25) is 0 Å². The highest BCUT2D eigenvalue weighted by atomic mass is 16.3. The van der Waals surface area contributed by atoms with Crippen LogP contribution in [0.15, 0.2) is 77.8 Å². The van der Waals surface area contributed by atoms with E-state index in [1.165, 1.54) is 0 Å². The first kappa shape index (κ1) is 28.8. The molecule has 226 valence electrons. The van der Waals surface area contributed by atoms with Crippen LogP contribution in [0.5, 0.6) is 5.75 Å². The van der Waals surface area contributed by atoms with Gasteiger partial charge in [-0.3, -0.25) is 14.4 Å². The maximum absolute atomic E-state index is 13.9. The van der Waals surface area contributed by atoms with Crippen molar-refractivity contribution >= 4 is 51.1 Å². The number of aliphatic hydroxyl groups is 3. The second-order valence-electron chi connectivity index (χ2n) is 11.7. The number of aromatic hydroxyl groups is 1. The molecule has 3 aromatic rings. The third-order valence-corrected chi connectivity index (χ3v) is 8.88. The standard InChI is InChI=1S/C33H32N4O7/c1-15(35-21-10-6-8-16-7-4-5-9-19(16)21)36-22-14-23(37(2)3)20-12-17-11-18-13-24(38)27(32(34)43)31(42)33(18,44)30(41)25(17)29(40)26(20)28(22)39/h4-10,14,17-18,35-36,39-40,42,44H,1,11-13H2,2-3H3,(H2,34,43)/t17-,18+,33+/m1/s1. The maximum Gasteiger partial charge on any atom is 0.255 e. The van der Waals surface area contributed by atoms with Gasteiger partial charge < -0.3 is 41.7 Å². The highest BCUT2D eigenvalue weighted by Gasteiger charge is 2.60. The normalized spacial score (nSPS) is 22.7. The molecule has 11 nitrogen and oxygen atoms in total. The average molecular weight is 597 g/mol. The van der Waals surface area contributed by atoms with E-state index in [1.807, 2.05) is 42.5 Å². The predicted molar refractivity (Wildman–Crippen MR) is 166 cm³/mol. The summed E-state index contributed by atoms with van der Waals surface area (Å²) in [5.41, 5.74) is 3.80. The van der Waals surface area contributed by atoms with E-state index in [0.717, 1.165) is 16.5 Å². The maximum atomic E-state index is 13.9. The number of benzene rings is 3. The molecule has 0 heterocycles. The van der Waals surface area contributed by atoms with E-state index in [0.29, 0.717) is 17.1 Å². The van der Waals surface area contributed by atoms with Gasteiger partial charge in [-0.25, -0.2) is 0 Å². The number of phenols is 1. The minimum Gasteiger partial charge on any atom is -0.508 e. The molecule has 44 heavy (non-hydrogen) atoms. The molecule has 8 N–H and O–H groups in total. The summed E-state index contributed by atoms with van der Waals surface area (Å²) in [5, 5.41) is 53.7. The van der Waals surface area contributed by atoms with Crippen LogP contribution in [-0.2, 0) is 20.8 Å². The van der Waals surface area contributed by atoms with Gasteiger partial charge in [-0.15, -0.1) is 0 Å². The van der Waals surface area contributed by atoms with Crippen molar-refractivity contribution in [1.29, 1.82) is 0 Å². The zero-order chi connectivity index (χ0) is 31.7. The number of fused-ring (bicyclic) bond motifs is 4. The average Bonchev–Trinajstić information content (AvgIpc) is 2.96. The van der Waals surface area contributed by atoms with Crippen molar-refractivity contribution in [2.75, 3.05) is 29.6 Å². The summed E-state index contributed by atoms with van der Waals surface area (Å²) < 4.78 is 0. The number of rotatable bonds is 6. The molecule has 11 heteroatoms. The summed E-state index contributed by atoms with van der Waals surface area (Å²) in [4.78, 5) is 40.2. The van der Waals surface area contributed by atoms with Crippen LogP contribution in [0, 0.1) is 11.8 Å². The van der Waals surface area contributed by atoms with Gasteiger partial charge in [0.15, 0.2) is 11.4 Å². The Labute approximate surface area is 252 Å². The lowest BCUT2D eigenvalue weighted by Gasteiger charge is -2.46. The molecule has 3 aliphatic carbocycles. The van der Waals surface area contributed by atoms with E-state index in [4.69, 9.17) is 5.73 Å². The van der Waals surface area contributed by atoms with E-state index in [-0.39, 0.29) is 41.8 Å². The molecule has 1 fully saturated rings. The molecule has 1 amide bonds. The number of anilines is 3. The fourth-order valence-corrected chi connectivity index (χ4v) is 6.85. The molecule has 3 aromatic carbocycles. The van der Waals surface area contributed by atoms with Crippen molar-refractivity contribution < 1.29 is 34.8 Å². The van der Waals surface area contributed by atoms with Gasteiger partial charge in [0.05, 0.1) is 11.3 Å². The Bertz CT molecular complexity index is 1870. The number of carbonyl (C=O) groups is 3. The lowest BCUT2D eigenvalue weighted by atomic mass is 9.59. The first-order valence-electron chi connectivity index (χ1n) is 14.1. The molecule has 0 spiro atoms. The molecule has 0 aromatic heterocycles. The van der Waals surface area contributed by atoms with Gasteiger partial charge in [-0.05, 0) is 41.8 Å². The molecule has 0 saturated heterocycles. The number of nitrogens with one attached hydrogen (secondary N) is 2. The molecule has 0 unspecified atom stereocenters. The predicted octanol–water partition coefficient (Wildman–Crippen LogP) is 3.64. The zero-order valence-corrected chi connectivity index (χ0v) is 24.1. The van der Waals surface area contributed by atoms with Crippen molar-refractivity contribution in [3.8, 4) is 5.75 Å². The molecule has 0 radical (unpaired) electrons. The first-order chi connectivity index (χ1) is 20.8. The Morgan fingerprint density at radius 3 is 2.41 bits per heavy atom. The molecule has 6 rings (SSSR count). The number of nitrogens with zero attached hydrogens (tertiary/aromatic N) is 1. The number of hydrogen-bond acceptors (Lipinski definition) is 10. The number of phenolic OH excluding ortho intramolecular Hbond substituents is 1. The van der Waals surface area contributed by atoms with E-state index < -0.39 is 52.0 Å². The quantitative estimate of drug-likeness (QED) is 0.164. The zero-order valence-electron chi connectivity index (χ0n) is 24.1. The van der Waals surface area contributed by atoms with E-state index in [1.54, 1.807) is 25.1 Å². The topological polar surface area (TPSA) is 185 Å². The summed E-state index contributed by atoms with van der Waals surface area (Å²) in [5.74, 6) is -6.42. The molecular weight excluding hydrogens is 564 g/mol. The van der Waals surface area contributed by atoms with Gasteiger partial charge in [0.1, 0.15) is 28.7 Å². The Morgan fingerprint density at radius 2 is 1.70 bits per heavy atom. The number of Topliss-reactive ketones (excluding diaryl/α,β-unsaturated/α-hetero) is 2. The SMILES string of the molecule is C=C(Nc1cc(N(C)C)c2c(c1O)C(O)=C1C(=O)[C@]3(O)C(O)=C(C(N)=O)C(=O)C[C@@H]3C[C@@H]1C2)Nc1cccc2ccccc12. The Hall–Kier alpha value is -5.29. The van der Waals surface area contributed by atoms with Crippen LogP contribution < -0.4 is 21.3 Å². The second kappa shape index (κ2) is 10.2. The van der Waals surface area contributed by atoms with Crippen molar-refractivity contribution in [3.63, 3.8) is 0 Å². The third-order valence-electron chi connectivity index (χ3n) is 8.88. The van der Waals surface area contributed by atoms with Crippen molar-refractivity contribution in [2.24, 2.45) is 17.6 Å². The molecule has 3 atom stereocenters. The van der Waals surface area contributed by atoms with E-state index in [9.17, 15) is 34.8 Å². The minimum absolute atomic E-state index is 0.0104. The highest BCUT2D eigenvalue weighted by molar-refractivity contribution is 6.22. The number of aliphatic hydroxyl groups excluding tert-OH is 2. The van der Waals surface area contributed by atoms with Crippen LogP contribution in [0.25, 0.3) is 16.5 Å². The van der Waals surface area contributed by atoms with Gasteiger partial charge >= 0.3 is 0 Å². The smallest absolute Gasteiger partial charge is 0.255 e. The largest absolute Gasteiger partial charge is 0.508 e. The van der Waals surface area contributed by atoms with Crippen LogP contribution in [0.3, 0.4) is 0 Å². The van der Waals surface area contributed by atoms with E-state index in [2.05, 4.69) is 17.2 Å². The summed E-state index contributed by atoms with van der Waals surface area (Å²) in [6, 6.07) is 15.3.